The maximum atomic E-state index is 12.0. The largest absolute Gasteiger partial charge is 0.514 e. The molecule has 0 aliphatic rings. The van der Waals surface area contributed by atoms with Crippen LogP contribution < -0.4 is 10.5 Å². The highest BCUT2D eigenvalue weighted by Crippen LogP contribution is 2.34. The summed E-state index contributed by atoms with van der Waals surface area (Å²) in [6.07, 6.45) is -1.95. The summed E-state index contributed by atoms with van der Waals surface area (Å²) in [4.78, 5) is 22.8. The molecule has 128 valence electrons. The van der Waals surface area contributed by atoms with E-state index in [1.54, 1.807) is 0 Å². The third-order valence-corrected chi connectivity index (χ3v) is 3.58. The van der Waals surface area contributed by atoms with Crippen LogP contribution in [0.2, 0.25) is 0 Å². The van der Waals surface area contributed by atoms with Crippen molar-refractivity contribution in [1.29, 1.82) is 0 Å². The van der Waals surface area contributed by atoms with Gasteiger partial charge in [0, 0.05) is 0 Å². The molecule has 0 fully saturated rings. The Morgan fingerprint density at radius 1 is 1.04 bits per heavy atom. The van der Waals surface area contributed by atoms with Crippen molar-refractivity contribution in [3.8, 4) is 5.75 Å². The first-order valence-electron chi connectivity index (χ1n) is 7.64. The maximum absolute atomic E-state index is 12.0. The number of carboxylic acid groups (broad SMARTS) is 1. The Balaban J connectivity index is 2.99. The Morgan fingerprint density at radius 3 is 1.91 bits per heavy atom. The number of ether oxygens (including phenoxy) is 2. The van der Waals surface area contributed by atoms with E-state index in [9.17, 15) is 9.59 Å². The molecule has 0 radical (unpaired) electrons. The number of carbonyl (C=O) groups is 2. The minimum atomic E-state index is -1.30. The number of rotatable bonds is 6. The van der Waals surface area contributed by atoms with E-state index in [-0.39, 0.29) is 11.8 Å². The number of benzene rings is 1. The van der Waals surface area contributed by atoms with Gasteiger partial charge in [-0.25, -0.2) is 4.79 Å². The van der Waals surface area contributed by atoms with E-state index in [0.29, 0.717) is 5.75 Å². The van der Waals surface area contributed by atoms with Crippen LogP contribution in [0.3, 0.4) is 0 Å². The number of hydrogen-bond acceptors (Lipinski definition) is 5. The molecule has 23 heavy (non-hydrogen) atoms. The second kappa shape index (κ2) is 7.97. The zero-order valence-electron chi connectivity index (χ0n) is 14.2. The highest BCUT2D eigenvalue weighted by molar-refractivity contribution is 5.74. The van der Waals surface area contributed by atoms with E-state index >= 15 is 0 Å². The van der Waals surface area contributed by atoms with E-state index < -0.39 is 24.3 Å². The fourth-order valence-corrected chi connectivity index (χ4v) is 2.13. The van der Waals surface area contributed by atoms with Gasteiger partial charge < -0.3 is 20.3 Å². The lowest BCUT2D eigenvalue weighted by atomic mass is 9.94. The molecule has 2 unspecified atom stereocenters. The molecule has 0 aliphatic heterocycles. The average Bonchev–Trinajstić information content (AvgIpc) is 2.45. The van der Waals surface area contributed by atoms with Crippen molar-refractivity contribution in [1.82, 2.24) is 0 Å². The van der Waals surface area contributed by atoms with Gasteiger partial charge in [-0.15, -0.1) is 0 Å². The van der Waals surface area contributed by atoms with Crippen molar-refractivity contribution in [2.24, 2.45) is 5.73 Å². The van der Waals surface area contributed by atoms with Gasteiger partial charge in [-0.3, -0.25) is 4.79 Å². The predicted octanol–water partition coefficient (Wildman–Crippen LogP) is 3.25. The van der Waals surface area contributed by atoms with E-state index in [1.807, 2.05) is 45.9 Å². The van der Waals surface area contributed by atoms with E-state index in [4.69, 9.17) is 20.3 Å². The molecule has 0 saturated carbocycles. The second-order valence-corrected chi connectivity index (χ2v) is 6.11. The molecule has 1 aromatic rings. The van der Waals surface area contributed by atoms with E-state index in [1.165, 1.54) is 6.92 Å². The van der Waals surface area contributed by atoms with Crippen LogP contribution in [0.15, 0.2) is 18.2 Å². The standard InChI is InChI=1S/C17H25NO5/c1-9(2)12-7-6-8-13(10(3)4)15(12)23-17(21)22-11(5)14(18)16(19)20/h6-11,14H,18H2,1-5H3,(H,19,20). The monoisotopic (exact) mass is 323 g/mol. The van der Waals surface area contributed by atoms with Crippen LogP contribution in [0.25, 0.3) is 0 Å². The quantitative estimate of drug-likeness (QED) is 0.616. The van der Waals surface area contributed by atoms with Crippen LogP contribution in [-0.4, -0.2) is 29.4 Å². The predicted molar refractivity (Wildman–Crippen MR) is 86.8 cm³/mol. The molecule has 0 aliphatic carbocycles. The average molecular weight is 323 g/mol. The summed E-state index contributed by atoms with van der Waals surface area (Å²) < 4.78 is 10.4. The summed E-state index contributed by atoms with van der Waals surface area (Å²) in [5, 5.41) is 8.83. The molecule has 0 heterocycles. The zero-order chi connectivity index (χ0) is 17.7. The number of aliphatic carboxylic acids is 1. The SMILES string of the molecule is CC(C)c1cccc(C(C)C)c1OC(=O)OC(C)C(N)C(=O)O. The van der Waals surface area contributed by atoms with Crippen molar-refractivity contribution in [2.75, 3.05) is 0 Å². The van der Waals surface area contributed by atoms with Crippen LogP contribution >= 0.6 is 0 Å². The van der Waals surface area contributed by atoms with Gasteiger partial charge in [0.2, 0.25) is 0 Å². The number of carbonyl (C=O) groups excluding carboxylic acids is 1. The molecule has 6 nitrogen and oxygen atoms in total. The third kappa shape index (κ3) is 4.96. The fourth-order valence-electron chi connectivity index (χ4n) is 2.13. The first-order chi connectivity index (χ1) is 10.6. The number of carboxylic acids is 1. The summed E-state index contributed by atoms with van der Waals surface area (Å²) in [5.74, 6) is -0.445. The second-order valence-electron chi connectivity index (χ2n) is 6.11. The highest BCUT2D eigenvalue weighted by Gasteiger charge is 2.26. The summed E-state index contributed by atoms with van der Waals surface area (Å²) in [5.41, 5.74) is 7.21. The van der Waals surface area contributed by atoms with Crippen molar-refractivity contribution in [2.45, 2.75) is 58.6 Å². The lowest BCUT2D eigenvalue weighted by Crippen LogP contribution is -2.43. The van der Waals surface area contributed by atoms with Gasteiger partial charge >= 0.3 is 12.1 Å². The van der Waals surface area contributed by atoms with Crippen molar-refractivity contribution in [3.63, 3.8) is 0 Å². The van der Waals surface area contributed by atoms with Gasteiger partial charge in [0.05, 0.1) is 0 Å². The summed E-state index contributed by atoms with van der Waals surface area (Å²) in [6, 6.07) is 4.41. The molecule has 1 rings (SSSR count). The Labute approximate surface area is 136 Å². The summed E-state index contributed by atoms with van der Waals surface area (Å²) >= 11 is 0. The number of hydrogen-bond donors (Lipinski definition) is 2. The van der Waals surface area contributed by atoms with Crippen LogP contribution in [0, 0.1) is 0 Å². The molecule has 0 aromatic heterocycles. The molecular formula is C17H25NO5. The van der Waals surface area contributed by atoms with Crippen LogP contribution in [0.5, 0.6) is 5.75 Å². The minimum absolute atomic E-state index is 0.162. The minimum Gasteiger partial charge on any atom is -0.480 e. The Bertz CT molecular complexity index is 542. The molecule has 0 spiro atoms. The van der Waals surface area contributed by atoms with Crippen molar-refractivity contribution >= 4 is 12.1 Å². The van der Waals surface area contributed by atoms with Crippen LogP contribution in [0.4, 0.5) is 4.79 Å². The maximum Gasteiger partial charge on any atom is 0.514 e. The van der Waals surface area contributed by atoms with Gasteiger partial charge in [-0.05, 0) is 29.9 Å². The molecule has 6 heteroatoms. The van der Waals surface area contributed by atoms with E-state index in [0.717, 1.165) is 11.1 Å². The zero-order valence-corrected chi connectivity index (χ0v) is 14.2. The normalized spacial score (nSPS) is 13.7. The van der Waals surface area contributed by atoms with Gasteiger partial charge in [0.1, 0.15) is 17.9 Å². The van der Waals surface area contributed by atoms with E-state index in [2.05, 4.69) is 0 Å². The smallest absolute Gasteiger partial charge is 0.480 e. The van der Waals surface area contributed by atoms with Gasteiger partial charge in [-0.1, -0.05) is 45.9 Å². The number of para-hydroxylation sites is 1. The first kappa shape index (κ1) is 19.0. The van der Waals surface area contributed by atoms with Crippen LogP contribution in [-0.2, 0) is 9.53 Å². The highest BCUT2D eigenvalue weighted by atomic mass is 16.7. The summed E-state index contributed by atoms with van der Waals surface area (Å²) in [6.45, 7) is 9.42. The molecule has 0 amide bonds. The molecular weight excluding hydrogens is 298 g/mol. The van der Waals surface area contributed by atoms with Gasteiger partial charge in [-0.2, -0.15) is 0 Å². The van der Waals surface area contributed by atoms with Crippen molar-refractivity contribution < 1.29 is 24.2 Å². The Morgan fingerprint density at radius 2 is 1.52 bits per heavy atom. The van der Waals surface area contributed by atoms with Gasteiger partial charge in [0.15, 0.2) is 0 Å². The lowest BCUT2D eigenvalue weighted by molar-refractivity contribution is -0.141. The Kier molecular flexibility index (Phi) is 6.57. The summed E-state index contributed by atoms with van der Waals surface area (Å²) in [7, 11) is 0. The topological polar surface area (TPSA) is 98.9 Å². The van der Waals surface area contributed by atoms with Gasteiger partial charge in [0.25, 0.3) is 0 Å². The molecule has 0 saturated heterocycles. The molecule has 0 bridgehead atoms. The Hall–Kier alpha value is -2.08. The molecule has 1 aromatic carbocycles. The van der Waals surface area contributed by atoms with Crippen molar-refractivity contribution in [3.05, 3.63) is 29.3 Å². The number of nitrogens with two attached hydrogens (primary N) is 1. The first-order valence-corrected chi connectivity index (χ1v) is 7.64. The molecule has 3 N–H and O–H groups in total. The lowest BCUT2D eigenvalue weighted by Gasteiger charge is -2.20. The molecule has 2 atom stereocenters. The van der Waals surface area contributed by atoms with Crippen LogP contribution in [0.1, 0.15) is 57.6 Å². The fraction of sp³-hybridized carbons (Fsp3) is 0.529. The third-order valence-electron chi connectivity index (χ3n) is 3.58.